The van der Waals surface area contributed by atoms with Crippen LogP contribution in [0.5, 0.6) is 17.2 Å². The summed E-state index contributed by atoms with van der Waals surface area (Å²) in [6.07, 6.45) is 1.29. The van der Waals surface area contributed by atoms with Gasteiger partial charge in [-0.3, -0.25) is 9.59 Å². The third-order valence-electron chi connectivity index (χ3n) is 3.60. The maximum Gasteiger partial charge on any atom is 0.240 e. The number of nitrogens with one attached hydrogen (secondary N) is 2. The van der Waals surface area contributed by atoms with Crippen molar-refractivity contribution < 1.29 is 24.2 Å². The molecule has 0 aliphatic rings. The lowest BCUT2D eigenvalue weighted by atomic mass is 10.2. The van der Waals surface area contributed by atoms with Crippen LogP contribution < -0.4 is 20.2 Å². The van der Waals surface area contributed by atoms with Crippen LogP contribution in [-0.2, 0) is 9.59 Å². The van der Waals surface area contributed by atoms with Crippen molar-refractivity contribution in [2.75, 3.05) is 19.5 Å². The van der Waals surface area contributed by atoms with Crippen molar-refractivity contribution >= 4 is 23.7 Å². The van der Waals surface area contributed by atoms with Crippen LogP contribution in [-0.4, -0.2) is 37.4 Å². The van der Waals surface area contributed by atoms with Crippen LogP contribution in [0, 0.1) is 0 Å². The molecule has 8 nitrogen and oxygen atoms in total. The molecule has 8 heteroatoms. The zero-order valence-corrected chi connectivity index (χ0v) is 15.1. The fraction of sp³-hybridized carbons (Fsp3) is 0.211. The van der Waals surface area contributed by atoms with E-state index in [2.05, 4.69) is 15.8 Å². The average molecular weight is 371 g/mol. The number of phenolic OH excluding ortho intramolecular Hbond substituents is 1. The number of carbonyl (C=O) groups is 2. The van der Waals surface area contributed by atoms with E-state index in [1.54, 1.807) is 49.6 Å². The molecule has 0 spiro atoms. The van der Waals surface area contributed by atoms with Crippen molar-refractivity contribution in [1.29, 1.82) is 0 Å². The van der Waals surface area contributed by atoms with Gasteiger partial charge in [0.2, 0.25) is 11.8 Å². The van der Waals surface area contributed by atoms with Gasteiger partial charge >= 0.3 is 0 Å². The zero-order chi connectivity index (χ0) is 19.6. The minimum Gasteiger partial charge on any atom is -0.504 e. The number of hydrogen-bond acceptors (Lipinski definition) is 6. The Labute approximate surface area is 156 Å². The molecule has 0 heterocycles. The molecule has 2 aromatic carbocycles. The Morgan fingerprint density at radius 3 is 2.41 bits per heavy atom. The monoisotopic (exact) mass is 371 g/mol. The topological polar surface area (TPSA) is 109 Å². The summed E-state index contributed by atoms with van der Waals surface area (Å²) in [5.74, 6) is 0.216. The molecule has 0 radical (unpaired) electrons. The predicted molar refractivity (Wildman–Crippen MR) is 101 cm³/mol. The number of para-hydroxylation sites is 1. The van der Waals surface area contributed by atoms with Gasteiger partial charge in [-0.25, -0.2) is 5.43 Å². The molecule has 0 aliphatic heterocycles. The molecule has 0 atom stereocenters. The lowest BCUT2D eigenvalue weighted by Crippen LogP contribution is -2.20. The number of hydrogen-bond donors (Lipinski definition) is 3. The fourth-order valence-corrected chi connectivity index (χ4v) is 2.16. The van der Waals surface area contributed by atoms with Gasteiger partial charge in [-0.15, -0.1) is 0 Å². The molecule has 2 aromatic rings. The number of ether oxygens (including phenoxy) is 2. The molecule has 2 amide bonds. The molecule has 142 valence electrons. The molecule has 0 aliphatic carbocycles. The minimum atomic E-state index is -0.418. The lowest BCUT2D eigenvalue weighted by molar-refractivity contribution is -0.124. The Kier molecular flexibility index (Phi) is 7.18. The number of benzene rings is 2. The fourth-order valence-electron chi connectivity index (χ4n) is 2.16. The van der Waals surface area contributed by atoms with Gasteiger partial charge in [0.25, 0.3) is 0 Å². The molecule has 27 heavy (non-hydrogen) atoms. The summed E-state index contributed by atoms with van der Waals surface area (Å²) in [7, 11) is 3.00. The summed E-state index contributed by atoms with van der Waals surface area (Å²) < 4.78 is 10.0. The van der Waals surface area contributed by atoms with Crippen molar-refractivity contribution in [1.82, 2.24) is 5.43 Å². The second-order valence-electron chi connectivity index (χ2n) is 5.47. The number of aromatic hydroxyl groups is 1. The first kappa shape index (κ1) is 19.8. The van der Waals surface area contributed by atoms with Crippen molar-refractivity contribution in [3.63, 3.8) is 0 Å². The first-order valence-electron chi connectivity index (χ1n) is 8.15. The van der Waals surface area contributed by atoms with Crippen molar-refractivity contribution in [2.45, 2.75) is 12.8 Å². The van der Waals surface area contributed by atoms with E-state index in [1.165, 1.54) is 13.3 Å². The van der Waals surface area contributed by atoms with Gasteiger partial charge in [-0.05, 0) is 36.4 Å². The largest absolute Gasteiger partial charge is 0.504 e. The summed E-state index contributed by atoms with van der Waals surface area (Å²) in [5.41, 5.74) is 3.33. The SMILES string of the molecule is COc1ccc(NC(=O)CCC(=O)N/N=C/c2cccc(OC)c2O)cc1. The smallest absolute Gasteiger partial charge is 0.240 e. The Morgan fingerprint density at radius 2 is 1.74 bits per heavy atom. The third-order valence-corrected chi connectivity index (χ3v) is 3.60. The highest BCUT2D eigenvalue weighted by molar-refractivity contribution is 5.93. The second-order valence-corrected chi connectivity index (χ2v) is 5.47. The standard InChI is InChI=1S/C19H21N3O5/c1-26-15-8-6-14(7-9-15)21-17(23)10-11-18(24)22-20-12-13-4-3-5-16(27-2)19(13)25/h3-9,12,25H,10-11H2,1-2H3,(H,21,23)(H,22,24)/b20-12+. The molecule has 0 saturated heterocycles. The van der Waals surface area contributed by atoms with E-state index in [0.717, 1.165) is 0 Å². The number of anilines is 1. The van der Waals surface area contributed by atoms with Crippen LogP contribution in [0.15, 0.2) is 47.6 Å². The highest BCUT2D eigenvalue weighted by Crippen LogP contribution is 2.27. The normalized spacial score (nSPS) is 10.4. The summed E-state index contributed by atoms with van der Waals surface area (Å²) in [4.78, 5) is 23.6. The molecular weight excluding hydrogens is 350 g/mol. The highest BCUT2D eigenvalue weighted by atomic mass is 16.5. The van der Waals surface area contributed by atoms with Gasteiger partial charge in [-0.2, -0.15) is 5.10 Å². The molecule has 3 N–H and O–H groups in total. The van der Waals surface area contributed by atoms with Gasteiger partial charge in [0.15, 0.2) is 11.5 Å². The number of methoxy groups -OCH3 is 2. The van der Waals surface area contributed by atoms with E-state index in [1.807, 2.05) is 0 Å². The van der Waals surface area contributed by atoms with Crippen LogP contribution in [0.3, 0.4) is 0 Å². The average Bonchev–Trinajstić information content (AvgIpc) is 2.68. The second kappa shape index (κ2) is 9.81. The third kappa shape index (κ3) is 6.03. The Hall–Kier alpha value is -3.55. The van der Waals surface area contributed by atoms with E-state index >= 15 is 0 Å². The number of rotatable bonds is 8. The van der Waals surface area contributed by atoms with Crippen LogP contribution >= 0.6 is 0 Å². The van der Waals surface area contributed by atoms with E-state index in [-0.39, 0.29) is 24.5 Å². The number of phenols is 1. The summed E-state index contributed by atoms with van der Waals surface area (Å²) in [6.45, 7) is 0. The van der Waals surface area contributed by atoms with Crippen molar-refractivity contribution in [3.8, 4) is 17.2 Å². The lowest BCUT2D eigenvalue weighted by Gasteiger charge is -2.06. The number of amides is 2. The Balaban J connectivity index is 1.77. The van der Waals surface area contributed by atoms with Gasteiger partial charge in [-0.1, -0.05) is 6.07 Å². The maximum absolute atomic E-state index is 11.9. The quantitative estimate of drug-likeness (QED) is 0.487. The zero-order valence-electron chi connectivity index (χ0n) is 15.1. The van der Waals surface area contributed by atoms with E-state index < -0.39 is 5.91 Å². The first-order chi connectivity index (χ1) is 13.0. The maximum atomic E-state index is 11.9. The van der Waals surface area contributed by atoms with Gasteiger partial charge < -0.3 is 19.9 Å². The van der Waals surface area contributed by atoms with Gasteiger partial charge in [0.05, 0.1) is 20.4 Å². The molecule has 2 rings (SSSR count). The van der Waals surface area contributed by atoms with E-state index in [4.69, 9.17) is 9.47 Å². The molecule has 0 bridgehead atoms. The van der Waals surface area contributed by atoms with Crippen molar-refractivity contribution in [3.05, 3.63) is 48.0 Å². The van der Waals surface area contributed by atoms with Gasteiger partial charge in [0, 0.05) is 24.1 Å². The highest BCUT2D eigenvalue weighted by Gasteiger charge is 2.08. The van der Waals surface area contributed by atoms with Crippen molar-refractivity contribution in [2.24, 2.45) is 5.10 Å². The summed E-state index contributed by atoms with van der Waals surface area (Å²) >= 11 is 0. The Morgan fingerprint density at radius 1 is 1.04 bits per heavy atom. The molecule has 0 fully saturated rings. The van der Waals surface area contributed by atoms with Crippen LogP contribution in [0.2, 0.25) is 0 Å². The molecular formula is C19H21N3O5. The van der Waals surface area contributed by atoms with Crippen LogP contribution in [0.4, 0.5) is 5.69 Å². The number of hydrazone groups is 1. The number of nitrogens with zero attached hydrogens (tertiary/aromatic N) is 1. The number of carbonyl (C=O) groups excluding carboxylic acids is 2. The summed E-state index contributed by atoms with van der Waals surface area (Å²) in [6, 6.07) is 11.8. The molecule has 0 saturated carbocycles. The minimum absolute atomic E-state index is 0.0117. The predicted octanol–water partition coefficient (Wildman–Crippen LogP) is 2.28. The van der Waals surface area contributed by atoms with Crippen LogP contribution in [0.25, 0.3) is 0 Å². The van der Waals surface area contributed by atoms with Crippen LogP contribution in [0.1, 0.15) is 18.4 Å². The molecule has 0 unspecified atom stereocenters. The first-order valence-corrected chi connectivity index (χ1v) is 8.15. The van der Waals surface area contributed by atoms with Gasteiger partial charge in [0.1, 0.15) is 5.75 Å². The Bertz CT molecular complexity index is 819. The molecule has 0 aromatic heterocycles. The summed E-state index contributed by atoms with van der Waals surface area (Å²) in [5, 5.41) is 16.4. The van der Waals surface area contributed by atoms with E-state index in [9.17, 15) is 14.7 Å². The van der Waals surface area contributed by atoms with E-state index in [0.29, 0.717) is 22.7 Å².